The van der Waals surface area contributed by atoms with Crippen LogP contribution in [-0.4, -0.2) is 4.57 Å². The molecular weight excluding hydrogens is 1130 g/mol. The van der Waals surface area contributed by atoms with Crippen molar-refractivity contribution < 1.29 is 0 Å². The molecule has 93 heavy (non-hydrogen) atoms. The number of para-hydroxylation sites is 7. The number of anilines is 8. The molecule has 0 N–H and O–H groups in total. The predicted octanol–water partition coefficient (Wildman–Crippen LogP) is 23.5. The van der Waals surface area contributed by atoms with Crippen LogP contribution in [0.15, 0.2) is 363 Å². The molecule has 14 aromatic rings. The molecule has 5 heteroatoms. The van der Waals surface area contributed by atoms with Gasteiger partial charge in [-0.1, -0.05) is 206 Å². The Hall–Kier alpha value is -11.7. The second-order valence-corrected chi connectivity index (χ2v) is 24.9. The lowest BCUT2D eigenvalue weighted by molar-refractivity contribution is 0.680. The van der Waals surface area contributed by atoms with Crippen LogP contribution in [0.4, 0.5) is 45.5 Å². The molecule has 1 aromatic heterocycles. The van der Waals surface area contributed by atoms with Crippen molar-refractivity contribution in [1.29, 1.82) is 0 Å². The highest BCUT2D eigenvalue weighted by Gasteiger charge is 2.42. The maximum atomic E-state index is 2.54. The Morgan fingerprint density at radius 2 is 0.656 bits per heavy atom. The fourth-order valence-corrected chi connectivity index (χ4v) is 15.2. The van der Waals surface area contributed by atoms with Gasteiger partial charge in [0.25, 0.3) is 0 Å². The molecule has 1 unspecified atom stereocenters. The Morgan fingerprint density at radius 3 is 1.17 bits per heavy atom. The summed E-state index contributed by atoms with van der Waals surface area (Å²) in [7, 11) is 0. The van der Waals surface area contributed by atoms with Gasteiger partial charge in [0.15, 0.2) is 0 Å². The monoisotopic (exact) mass is 1190 g/mol. The minimum Gasteiger partial charge on any atom is -0.314 e. The van der Waals surface area contributed by atoms with E-state index in [2.05, 4.69) is 371 Å². The summed E-state index contributed by atoms with van der Waals surface area (Å²) >= 11 is 0. The second-order valence-electron chi connectivity index (χ2n) is 24.9. The first-order valence-corrected chi connectivity index (χ1v) is 32.6. The number of rotatable bonds is 14. The van der Waals surface area contributed by atoms with Crippen LogP contribution >= 0.6 is 0 Å². The van der Waals surface area contributed by atoms with Crippen LogP contribution in [0.25, 0.3) is 60.2 Å². The van der Waals surface area contributed by atoms with E-state index >= 15 is 0 Å². The molecule has 0 saturated carbocycles. The van der Waals surface area contributed by atoms with E-state index in [1.807, 2.05) is 0 Å². The van der Waals surface area contributed by atoms with Crippen LogP contribution < -0.4 is 19.6 Å². The molecule has 0 bridgehead atoms. The Balaban J connectivity index is 0.848. The van der Waals surface area contributed by atoms with Gasteiger partial charge in [-0.3, -0.25) is 0 Å². The number of benzene rings is 13. The molecule has 0 spiro atoms. The molecule has 2 aliphatic carbocycles. The number of allylic oxidation sites excluding steroid dienone is 8. The van der Waals surface area contributed by atoms with E-state index in [1.54, 1.807) is 0 Å². The van der Waals surface area contributed by atoms with E-state index in [0.29, 0.717) is 0 Å². The molecular formula is C88H67N5. The largest absolute Gasteiger partial charge is 0.314 e. The maximum Gasteiger partial charge on any atom is 0.0585 e. The summed E-state index contributed by atoms with van der Waals surface area (Å²) < 4.78 is 2.53. The van der Waals surface area contributed by atoms with Gasteiger partial charge in [-0.2, -0.15) is 0 Å². The van der Waals surface area contributed by atoms with Crippen LogP contribution in [-0.2, 0) is 5.41 Å². The van der Waals surface area contributed by atoms with Crippen LogP contribution in [0.1, 0.15) is 49.3 Å². The third kappa shape index (κ3) is 9.71. The summed E-state index contributed by atoms with van der Waals surface area (Å²) in [4.78, 5) is 9.85. The molecule has 5 nitrogen and oxygen atoms in total. The Labute approximate surface area is 543 Å². The first kappa shape index (κ1) is 55.4. The third-order valence-electron chi connectivity index (χ3n) is 19.6. The summed E-state index contributed by atoms with van der Waals surface area (Å²) in [5.41, 5.74) is 23.2. The van der Waals surface area contributed by atoms with Gasteiger partial charge in [-0.15, -0.1) is 0 Å². The first-order chi connectivity index (χ1) is 46.0. The molecule has 3 aliphatic rings. The SMILES string of the molecule is CC1(c2cc(N(C3=CC=C(N(c4ccccc4)c4ccccc4)CC3)c3ccc4ccccc4c3)ccc2-c2ccc(N(C3=CC=C(N(c4ccccc4)c4ccccc4)CC3)c3ccc4ccccc4c3)cc2)c2ccccc2-n2c3ccccc3c3cccc1c32. The van der Waals surface area contributed by atoms with Crippen molar-refractivity contribution >= 4 is 88.8 Å². The Morgan fingerprint density at radius 1 is 0.280 bits per heavy atom. The van der Waals surface area contributed by atoms with E-state index in [0.717, 1.165) is 76.7 Å². The summed E-state index contributed by atoms with van der Waals surface area (Å²) in [5.74, 6) is 0. The van der Waals surface area contributed by atoms with Gasteiger partial charge in [0.05, 0.1) is 16.7 Å². The van der Waals surface area contributed by atoms with E-state index in [9.17, 15) is 0 Å². The van der Waals surface area contributed by atoms with Crippen LogP contribution in [0.3, 0.4) is 0 Å². The van der Waals surface area contributed by atoms with Crippen molar-refractivity contribution in [3.05, 3.63) is 379 Å². The molecule has 0 radical (unpaired) electrons. The summed E-state index contributed by atoms with van der Waals surface area (Å²) in [5, 5.41) is 7.38. The standard InChI is InChI=1S/C88H67N5/c1-88(82-37-19-21-40-86(82)93-85-39-20-18-35-80(85)81-36-22-38-83(88)87(81)93)84-61-78(92(77-48-42-63-24-15-17-26-66(63)60-77)75-55-51-73(52-56-75)90(69-31-10-4-11-32-69)70-33-12-5-13-34-70)57-58-79(84)64-43-45-71(46-44-64)91(76-47-41-62-23-14-16-25-65(62)59-76)74-53-49-72(50-54-74)89(67-27-6-2-7-28-67)68-29-8-3-9-30-68/h2-49,51,53,55,57-61H,50,52,54,56H2,1H3. The number of nitrogens with zero attached hydrogens (tertiary/aromatic N) is 5. The lowest BCUT2D eigenvalue weighted by Gasteiger charge is -2.40. The predicted molar refractivity (Wildman–Crippen MR) is 391 cm³/mol. The molecule has 17 rings (SSSR count). The Bertz CT molecular complexity index is 5210. The number of fused-ring (bicyclic) bond motifs is 7. The van der Waals surface area contributed by atoms with Crippen molar-refractivity contribution in [2.45, 2.75) is 38.0 Å². The highest BCUT2D eigenvalue weighted by atomic mass is 15.2. The molecule has 13 aromatic carbocycles. The topological polar surface area (TPSA) is 17.9 Å². The molecule has 2 heterocycles. The fourth-order valence-electron chi connectivity index (χ4n) is 15.2. The molecule has 0 fully saturated rings. The van der Waals surface area contributed by atoms with Gasteiger partial charge in [-0.05, 0) is 215 Å². The van der Waals surface area contributed by atoms with E-state index in [4.69, 9.17) is 0 Å². The summed E-state index contributed by atoms with van der Waals surface area (Å²) in [6.07, 6.45) is 12.8. The smallest absolute Gasteiger partial charge is 0.0585 e. The van der Waals surface area contributed by atoms with Crippen LogP contribution in [0.5, 0.6) is 0 Å². The van der Waals surface area contributed by atoms with Crippen molar-refractivity contribution in [3.63, 3.8) is 0 Å². The zero-order chi connectivity index (χ0) is 61.8. The fraction of sp³-hybridized carbons (Fsp3) is 0.0682. The number of hydrogen-bond donors (Lipinski definition) is 0. The van der Waals surface area contributed by atoms with Crippen molar-refractivity contribution in [1.82, 2.24) is 4.57 Å². The van der Waals surface area contributed by atoms with Crippen molar-refractivity contribution in [2.24, 2.45) is 0 Å². The van der Waals surface area contributed by atoms with Gasteiger partial charge in [0.1, 0.15) is 0 Å². The highest BCUT2D eigenvalue weighted by molar-refractivity contribution is 6.12. The number of aromatic nitrogens is 1. The van der Waals surface area contributed by atoms with Gasteiger partial charge in [0.2, 0.25) is 0 Å². The zero-order valence-corrected chi connectivity index (χ0v) is 51.9. The van der Waals surface area contributed by atoms with Crippen LogP contribution in [0.2, 0.25) is 0 Å². The van der Waals surface area contributed by atoms with Crippen molar-refractivity contribution in [3.8, 4) is 16.8 Å². The van der Waals surface area contributed by atoms with Gasteiger partial charge in [-0.25, -0.2) is 0 Å². The molecule has 1 aliphatic heterocycles. The molecule has 444 valence electrons. The average molecular weight is 1190 g/mol. The van der Waals surface area contributed by atoms with Gasteiger partial charge < -0.3 is 24.2 Å². The normalized spacial score (nSPS) is 15.1. The quantitative estimate of drug-likeness (QED) is 0.108. The minimum atomic E-state index is -0.624. The minimum absolute atomic E-state index is 0.624. The van der Waals surface area contributed by atoms with Gasteiger partial charge in [0, 0.05) is 84.5 Å². The summed E-state index contributed by atoms with van der Waals surface area (Å²) in [6, 6.07) is 116. The molecule has 0 saturated heterocycles. The maximum absolute atomic E-state index is 2.54. The summed E-state index contributed by atoms with van der Waals surface area (Å²) in [6.45, 7) is 2.49. The van der Waals surface area contributed by atoms with E-state index < -0.39 is 5.41 Å². The Kier molecular flexibility index (Phi) is 13.9. The molecule has 1 atom stereocenters. The first-order valence-electron chi connectivity index (χ1n) is 32.6. The zero-order valence-electron chi connectivity index (χ0n) is 51.9. The lowest BCUT2D eigenvalue weighted by atomic mass is 9.66. The average Bonchev–Trinajstić information content (AvgIpc) is 1.56. The van der Waals surface area contributed by atoms with Crippen LogP contribution in [0, 0.1) is 0 Å². The molecule has 0 amide bonds. The van der Waals surface area contributed by atoms with Gasteiger partial charge >= 0.3 is 0 Å². The van der Waals surface area contributed by atoms with E-state index in [1.165, 1.54) is 94.1 Å². The number of hydrogen-bond acceptors (Lipinski definition) is 4. The lowest BCUT2D eigenvalue weighted by Crippen LogP contribution is -2.32. The second kappa shape index (κ2) is 23.3. The van der Waals surface area contributed by atoms with E-state index in [-0.39, 0.29) is 0 Å². The highest BCUT2D eigenvalue weighted by Crippen LogP contribution is 2.54. The van der Waals surface area contributed by atoms with Crippen molar-refractivity contribution in [2.75, 3.05) is 19.6 Å². The third-order valence-corrected chi connectivity index (χ3v) is 19.6.